The molecule has 168 valence electrons. The minimum absolute atomic E-state index is 0.0118. The van der Waals surface area contributed by atoms with Crippen LogP contribution in [-0.4, -0.2) is 35.4 Å². The lowest BCUT2D eigenvalue weighted by molar-refractivity contribution is -0.384. The fourth-order valence-corrected chi connectivity index (χ4v) is 3.17. The van der Waals surface area contributed by atoms with Crippen molar-refractivity contribution in [3.8, 4) is 17.1 Å². The van der Waals surface area contributed by atoms with Crippen molar-refractivity contribution in [3.63, 3.8) is 0 Å². The number of amides is 1. The molecule has 2 aromatic carbocycles. The molecule has 0 unspecified atom stereocenters. The molecule has 2 heterocycles. The molecule has 0 saturated carbocycles. The zero-order valence-electron chi connectivity index (χ0n) is 18.5. The molecule has 0 aliphatic heterocycles. The van der Waals surface area contributed by atoms with Gasteiger partial charge in [0.1, 0.15) is 18.7 Å². The van der Waals surface area contributed by atoms with E-state index in [9.17, 15) is 14.9 Å². The van der Waals surface area contributed by atoms with Gasteiger partial charge in [-0.15, -0.1) is 0 Å². The number of carbonyl (C=O) groups is 1. The van der Waals surface area contributed by atoms with Gasteiger partial charge in [-0.1, -0.05) is 39.0 Å². The summed E-state index contributed by atoms with van der Waals surface area (Å²) in [6.45, 7) is 6.13. The normalized spacial score (nSPS) is 11.4. The molecule has 33 heavy (non-hydrogen) atoms. The third-order valence-corrected chi connectivity index (χ3v) is 4.92. The van der Waals surface area contributed by atoms with E-state index in [0.29, 0.717) is 17.2 Å². The van der Waals surface area contributed by atoms with Gasteiger partial charge in [0.15, 0.2) is 5.82 Å². The Morgan fingerprint density at radius 3 is 2.39 bits per heavy atom. The number of nitro groups is 1. The highest BCUT2D eigenvalue weighted by molar-refractivity contribution is 5.90. The summed E-state index contributed by atoms with van der Waals surface area (Å²) in [6, 6.07) is 17.4. The van der Waals surface area contributed by atoms with E-state index in [1.54, 1.807) is 16.8 Å². The van der Waals surface area contributed by atoms with E-state index < -0.39 is 4.92 Å². The second-order valence-electron chi connectivity index (χ2n) is 8.53. The van der Waals surface area contributed by atoms with E-state index in [0.717, 1.165) is 11.4 Å². The molecule has 0 radical (unpaired) electrons. The second-order valence-corrected chi connectivity index (χ2v) is 8.53. The third-order valence-electron chi connectivity index (χ3n) is 4.92. The lowest BCUT2D eigenvalue weighted by Crippen LogP contribution is -2.20. The number of para-hydroxylation sites is 1. The number of carbonyl (C=O) groups excluding carboxylic acids is 1. The molecule has 4 aromatic rings. The maximum Gasteiger partial charge on any atom is 0.269 e. The van der Waals surface area contributed by atoms with Gasteiger partial charge in [-0.3, -0.25) is 14.9 Å². The quantitative estimate of drug-likeness (QED) is 0.354. The summed E-state index contributed by atoms with van der Waals surface area (Å²) >= 11 is 0. The Bertz CT molecular complexity index is 1290. The van der Waals surface area contributed by atoms with Crippen molar-refractivity contribution < 1.29 is 9.72 Å². The monoisotopic (exact) mass is 445 g/mol. The first-order chi connectivity index (χ1) is 15.7. The first-order valence-corrected chi connectivity index (χ1v) is 10.3. The fraction of sp³-hybridized carbons (Fsp3) is 0.217. The Morgan fingerprint density at radius 1 is 1.06 bits per heavy atom. The number of anilines is 1. The van der Waals surface area contributed by atoms with Gasteiger partial charge in [0.25, 0.3) is 5.69 Å². The van der Waals surface area contributed by atoms with Crippen LogP contribution in [0.1, 0.15) is 26.5 Å². The Morgan fingerprint density at radius 2 is 1.76 bits per heavy atom. The summed E-state index contributed by atoms with van der Waals surface area (Å²) in [5.74, 6) is 0.654. The van der Waals surface area contributed by atoms with Crippen LogP contribution in [0.25, 0.3) is 17.1 Å². The van der Waals surface area contributed by atoms with Crippen molar-refractivity contribution >= 4 is 17.4 Å². The molecule has 0 bridgehead atoms. The number of hydrogen-bond donors (Lipinski definition) is 1. The molecule has 0 aliphatic rings. The summed E-state index contributed by atoms with van der Waals surface area (Å²) in [7, 11) is 0. The third kappa shape index (κ3) is 4.95. The van der Waals surface area contributed by atoms with Crippen LogP contribution in [0.5, 0.6) is 0 Å². The Hall–Kier alpha value is -4.34. The van der Waals surface area contributed by atoms with Crippen LogP contribution in [0.15, 0.2) is 67.0 Å². The zero-order chi connectivity index (χ0) is 23.6. The molecular weight excluding hydrogens is 422 g/mol. The number of nitrogens with zero attached hydrogens (tertiary/aromatic N) is 6. The average Bonchev–Trinajstić information content (AvgIpc) is 3.41. The predicted octanol–water partition coefficient (Wildman–Crippen LogP) is 3.98. The van der Waals surface area contributed by atoms with Gasteiger partial charge < -0.3 is 5.32 Å². The van der Waals surface area contributed by atoms with Crippen molar-refractivity contribution in [2.24, 2.45) is 0 Å². The molecule has 10 nitrogen and oxygen atoms in total. The van der Waals surface area contributed by atoms with Gasteiger partial charge >= 0.3 is 0 Å². The molecule has 10 heteroatoms. The van der Waals surface area contributed by atoms with Gasteiger partial charge in [0, 0.05) is 29.2 Å². The average molecular weight is 445 g/mol. The van der Waals surface area contributed by atoms with Crippen molar-refractivity contribution in [2.75, 3.05) is 5.32 Å². The highest BCUT2D eigenvalue weighted by atomic mass is 16.6. The van der Waals surface area contributed by atoms with E-state index in [1.165, 1.54) is 23.1 Å². The highest BCUT2D eigenvalue weighted by Crippen LogP contribution is 2.26. The lowest BCUT2D eigenvalue weighted by atomic mass is 9.92. The van der Waals surface area contributed by atoms with Gasteiger partial charge in [-0.25, -0.2) is 14.3 Å². The Labute approximate surface area is 190 Å². The van der Waals surface area contributed by atoms with Crippen LogP contribution in [0.2, 0.25) is 0 Å². The molecular formula is C23H23N7O3. The standard InChI is InChI=1S/C23H23N7O3/c1-23(2,3)19-13-20(29(26-19)17-7-5-4-6-8-17)25-21(31)14-28-15-24-22(27-28)16-9-11-18(12-10-16)30(32)33/h4-13,15H,14H2,1-3H3,(H,25,31). The molecule has 0 fully saturated rings. The SMILES string of the molecule is CC(C)(C)c1cc(NC(=O)Cn2cnc(-c3ccc([N+](=O)[O-])cc3)n2)n(-c2ccccc2)n1. The van der Waals surface area contributed by atoms with Gasteiger partial charge in [-0.05, 0) is 24.3 Å². The molecule has 0 saturated heterocycles. The Kier molecular flexibility index (Phi) is 5.74. The first kappa shape index (κ1) is 21.9. The number of aromatic nitrogens is 5. The maximum absolute atomic E-state index is 12.8. The number of rotatable bonds is 6. The van der Waals surface area contributed by atoms with Crippen LogP contribution in [0.3, 0.4) is 0 Å². The number of non-ortho nitro benzene ring substituents is 1. The van der Waals surface area contributed by atoms with Crippen LogP contribution in [-0.2, 0) is 16.8 Å². The maximum atomic E-state index is 12.8. The molecule has 0 aliphatic carbocycles. The van der Waals surface area contributed by atoms with Crippen LogP contribution in [0, 0.1) is 10.1 Å². The molecule has 0 spiro atoms. The lowest BCUT2D eigenvalue weighted by Gasteiger charge is -2.14. The summed E-state index contributed by atoms with van der Waals surface area (Å²) in [5.41, 5.74) is 2.11. The van der Waals surface area contributed by atoms with Crippen molar-refractivity contribution in [3.05, 3.63) is 82.8 Å². The number of hydrogen-bond acceptors (Lipinski definition) is 6. The summed E-state index contributed by atoms with van der Waals surface area (Å²) in [5, 5.41) is 22.7. The molecule has 2 aromatic heterocycles. The van der Waals surface area contributed by atoms with Crippen LogP contribution >= 0.6 is 0 Å². The second kappa shape index (κ2) is 8.65. The van der Waals surface area contributed by atoms with Gasteiger partial charge in [0.2, 0.25) is 5.91 Å². The van der Waals surface area contributed by atoms with Crippen molar-refractivity contribution in [1.29, 1.82) is 0 Å². The number of nitrogens with one attached hydrogen (secondary N) is 1. The molecule has 0 atom stereocenters. The van der Waals surface area contributed by atoms with E-state index in [-0.39, 0.29) is 23.6 Å². The zero-order valence-corrected chi connectivity index (χ0v) is 18.5. The number of nitro benzene ring substituents is 1. The van der Waals surface area contributed by atoms with Gasteiger partial charge in [0.05, 0.1) is 16.3 Å². The summed E-state index contributed by atoms with van der Waals surface area (Å²) in [4.78, 5) is 27.3. The first-order valence-electron chi connectivity index (χ1n) is 10.3. The number of benzene rings is 2. The van der Waals surface area contributed by atoms with Crippen molar-refractivity contribution in [1.82, 2.24) is 24.5 Å². The van der Waals surface area contributed by atoms with E-state index >= 15 is 0 Å². The van der Waals surface area contributed by atoms with Crippen LogP contribution in [0.4, 0.5) is 11.5 Å². The van der Waals surface area contributed by atoms with Crippen molar-refractivity contribution in [2.45, 2.75) is 32.7 Å². The highest BCUT2D eigenvalue weighted by Gasteiger charge is 2.21. The van der Waals surface area contributed by atoms with Gasteiger partial charge in [-0.2, -0.15) is 10.2 Å². The fourth-order valence-electron chi connectivity index (χ4n) is 3.17. The van der Waals surface area contributed by atoms with E-state index in [2.05, 4.69) is 36.2 Å². The Balaban J connectivity index is 1.51. The van der Waals surface area contributed by atoms with Crippen LogP contribution < -0.4 is 5.32 Å². The smallest absolute Gasteiger partial charge is 0.269 e. The topological polar surface area (TPSA) is 121 Å². The minimum Gasteiger partial charge on any atom is -0.309 e. The summed E-state index contributed by atoms with van der Waals surface area (Å²) in [6.07, 6.45) is 1.45. The predicted molar refractivity (Wildman–Crippen MR) is 123 cm³/mol. The summed E-state index contributed by atoms with van der Waals surface area (Å²) < 4.78 is 3.13. The van der Waals surface area contributed by atoms with E-state index in [1.807, 2.05) is 36.4 Å². The minimum atomic E-state index is -0.467. The molecule has 1 N–H and O–H groups in total. The van der Waals surface area contributed by atoms with E-state index in [4.69, 9.17) is 5.10 Å². The molecule has 4 rings (SSSR count). The largest absolute Gasteiger partial charge is 0.309 e. The molecule has 1 amide bonds.